The molecule has 1 aromatic heterocycles. The molecule has 1 saturated heterocycles. The maximum atomic E-state index is 13.1. The highest BCUT2D eigenvalue weighted by Gasteiger charge is 2.31. The second-order valence-corrected chi connectivity index (χ2v) is 7.87. The molecule has 1 aliphatic carbocycles. The van der Waals surface area contributed by atoms with Gasteiger partial charge in [0, 0.05) is 32.1 Å². The van der Waals surface area contributed by atoms with Gasteiger partial charge in [-0.2, -0.15) is 0 Å². The Kier molecular flexibility index (Phi) is 6.75. The van der Waals surface area contributed by atoms with E-state index in [0.29, 0.717) is 30.5 Å². The molecular weight excluding hydrogens is 328 g/mol. The molecular formula is C21H32N2O3. The number of amides is 2. The number of rotatable bonds is 6. The van der Waals surface area contributed by atoms with Crippen LogP contribution in [0.5, 0.6) is 0 Å². The van der Waals surface area contributed by atoms with Gasteiger partial charge in [-0.1, -0.05) is 26.2 Å². The summed E-state index contributed by atoms with van der Waals surface area (Å²) in [6, 6.07) is 1.70. The number of carbonyl (C=O) groups excluding carboxylic acids is 2. The van der Waals surface area contributed by atoms with E-state index in [-0.39, 0.29) is 11.8 Å². The fourth-order valence-electron chi connectivity index (χ4n) is 4.40. The van der Waals surface area contributed by atoms with E-state index in [0.717, 1.165) is 32.4 Å². The minimum absolute atomic E-state index is 0.0114. The predicted molar refractivity (Wildman–Crippen MR) is 101 cm³/mol. The molecule has 144 valence electrons. The standard InChI is InChI=1S/C21H32N2O3/c1-2-11-23(15-17-6-4-3-5-7-17)20(24)18-8-12-22(13-9-18)21(25)19-10-14-26-16-19/h10,14,16-18H,2-9,11-13,15H2,1H3. The van der Waals surface area contributed by atoms with Gasteiger partial charge in [0.05, 0.1) is 11.8 Å². The zero-order valence-electron chi connectivity index (χ0n) is 16.0. The minimum Gasteiger partial charge on any atom is -0.472 e. The van der Waals surface area contributed by atoms with Crippen molar-refractivity contribution in [2.75, 3.05) is 26.2 Å². The molecule has 2 aliphatic rings. The van der Waals surface area contributed by atoms with Gasteiger partial charge in [-0.3, -0.25) is 9.59 Å². The summed E-state index contributed by atoms with van der Waals surface area (Å²) >= 11 is 0. The Labute approximate surface area is 156 Å². The van der Waals surface area contributed by atoms with Gasteiger partial charge in [-0.15, -0.1) is 0 Å². The first-order chi connectivity index (χ1) is 12.7. The smallest absolute Gasteiger partial charge is 0.257 e. The Morgan fingerprint density at radius 2 is 1.88 bits per heavy atom. The fraction of sp³-hybridized carbons (Fsp3) is 0.714. The molecule has 1 aromatic rings. The van der Waals surface area contributed by atoms with Crippen molar-refractivity contribution in [2.45, 2.75) is 58.3 Å². The largest absolute Gasteiger partial charge is 0.472 e. The normalized spacial score (nSPS) is 19.5. The van der Waals surface area contributed by atoms with Crippen LogP contribution in [0, 0.1) is 11.8 Å². The Hall–Kier alpha value is -1.78. The van der Waals surface area contributed by atoms with Crippen molar-refractivity contribution in [3.05, 3.63) is 24.2 Å². The number of piperidine rings is 1. The summed E-state index contributed by atoms with van der Waals surface area (Å²) in [6.07, 6.45) is 12.1. The zero-order chi connectivity index (χ0) is 18.4. The van der Waals surface area contributed by atoms with E-state index in [4.69, 9.17) is 4.42 Å². The summed E-state index contributed by atoms with van der Waals surface area (Å²) in [5, 5.41) is 0. The molecule has 0 unspecified atom stereocenters. The fourth-order valence-corrected chi connectivity index (χ4v) is 4.40. The zero-order valence-corrected chi connectivity index (χ0v) is 16.0. The van der Waals surface area contributed by atoms with Crippen LogP contribution in [0.4, 0.5) is 0 Å². The molecule has 0 N–H and O–H groups in total. The van der Waals surface area contributed by atoms with Crippen molar-refractivity contribution in [1.29, 1.82) is 0 Å². The van der Waals surface area contributed by atoms with E-state index < -0.39 is 0 Å². The Bertz CT molecular complexity index is 570. The molecule has 26 heavy (non-hydrogen) atoms. The van der Waals surface area contributed by atoms with Crippen LogP contribution in [0.2, 0.25) is 0 Å². The summed E-state index contributed by atoms with van der Waals surface area (Å²) in [7, 11) is 0. The quantitative estimate of drug-likeness (QED) is 0.772. The Balaban J connectivity index is 1.52. The Morgan fingerprint density at radius 1 is 1.15 bits per heavy atom. The molecule has 0 aromatic carbocycles. The van der Waals surface area contributed by atoms with E-state index >= 15 is 0 Å². The van der Waals surface area contributed by atoms with Gasteiger partial charge in [0.25, 0.3) is 5.91 Å². The van der Waals surface area contributed by atoms with Crippen LogP contribution in [-0.4, -0.2) is 47.8 Å². The average molecular weight is 360 g/mol. The summed E-state index contributed by atoms with van der Waals surface area (Å²) in [6.45, 7) is 5.26. The topological polar surface area (TPSA) is 53.8 Å². The van der Waals surface area contributed by atoms with Crippen molar-refractivity contribution < 1.29 is 14.0 Å². The lowest BCUT2D eigenvalue weighted by atomic mass is 9.88. The molecule has 0 atom stereocenters. The molecule has 2 fully saturated rings. The Morgan fingerprint density at radius 3 is 2.50 bits per heavy atom. The summed E-state index contributed by atoms with van der Waals surface area (Å²) in [5.74, 6) is 1.07. The number of nitrogens with zero attached hydrogens (tertiary/aromatic N) is 2. The molecule has 0 radical (unpaired) electrons. The first kappa shape index (κ1) is 19.0. The lowest BCUT2D eigenvalue weighted by Gasteiger charge is -2.36. The lowest BCUT2D eigenvalue weighted by molar-refractivity contribution is -0.137. The van der Waals surface area contributed by atoms with Crippen molar-refractivity contribution in [3.8, 4) is 0 Å². The van der Waals surface area contributed by atoms with E-state index in [9.17, 15) is 9.59 Å². The van der Waals surface area contributed by atoms with Crippen LogP contribution in [-0.2, 0) is 4.79 Å². The number of carbonyl (C=O) groups is 2. The van der Waals surface area contributed by atoms with Crippen molar-refractivity contribution in [1.82, 2.24) is 9.80 Å². The second-order valence-electron chi connectivity index (χ2n) is 7.87. The molecule has 1 aliphatic heterocycles. The molecule has 0 bridgehead atoms. The second kappa shape index (κ2) is 9.24. The number of hydrogen-bond donors (Lipinski definition) is 0. The van der Waals surface area contributed by atoms with Crippen LogP contribution in [0.15, 0.2) is 23.0 Å². The van der Waals surface area contributed by atoms with Crippen LogP contribution in [0.1, 0.15) is 68.6 Å². The van der Waals surface area contributed by atoms with Crippen LogP contribution >= 0.6 is 0 Å². The molecule has 0 spiro atoms. The van der Waals surface area contributed by atoms with Crippen LogP contribution < -0.4 is 0 Å². The highest BCUT2D eigenvalue weighted by atomic mass is 16.3. The first-order valence-electron chi connectivity index (χ1n) is 10.3. The van der Waals surface area contributed by atoms with Crippen LogP contribution in [0.3, 0.4) is 0 Å². The molecule has 2 amide bonds. The van der Waals surface area contributed by atoms with E-state index in [1.165, 1.54) is 44.6 Å². The maximum absolute atomic E-state index is 13.1. The van der Waals surface area contributed by atoms with Gasteiger partial charge in [0.15, 0.2) is 0 Å². The van der Waals surface area contributed by atoms with Gasteiger partial charge >= 0.3 is 0 Å². The summed E-state index contributed by atoms with van der Waals surface area (Å²) in [5.41, 5.74) is 0.597. The maximum Gasteiger partial charge on any atom is 0.257 e. The molecule has 1 saturated carbocycles. The number of likely N-dealkylation sites (tertiary alicyclic amines) is 1. The van der Waals surface area contributed by atoms with E-state index in [1.54, 1.807) is 6.07 Å². The van der Waals surface area contributed by atoms with Gasteiger partial charge in [-0.05, 0) is 44.1 Å². The van der Waals surface area contributed by atoms with Gasteiger partial charge < -0.3 is 14.2 Å². The lowest BCUT2D eigenvalue weighted by Crippen LogP contribution is -2.45. The highest BCUT2D eigenvalue weighted by molar-refractivity contribution is 5.94. The number of hydrogen-bond acceptors (Lipinski definition) is 3. The highest BCUT2D eigenvalue weighted by Crippen LogP contribution is 2.27. The average Bonchev–Trinajstić information content (AvgIpc) is 3.22. The molecule has 3 rings (SSSR count). The third kappa shape index (κ3) is 4.68. The van der Waals surface area contributed by atoms with Gasteiger partial charge in [-0.25, -0.2) is 0 Å². The minimum atomic E-state index is 0.0114. The molecule has 5 heteroatoms. The third-order valence-electron chi connectivity index (χ3n) is 5.91. The van der Waals surface area contributed by atoms with E-state index in [2.05, 4.69) is 11.8 Å². The summed E-state index contributed by atoms with van der Waals surface area (Å²) in [4.78, 5) is 29.4. The van der Waals surface area contributed by atoms with Crippen molar-refractivity contribution >= 4 is 11.8 Å². The predicted octanol–water partition coefficient (Wildman–Crippen LogP) is 3.95. The number of furan rings is 1. The van der Waals surface area contributed by atoms with Crippen molar-refractivity contribution in [2.24, 2.45) is 11.8 Å². The molecule has 2 heterocycles. The van der Waals surface area contributed by atoms with Gasteiger partial charge in [0.2, 0.25) is 5.91 Å². The summed E-state index contributed by atoms with van der Waals surface area (Å²) < 4.78 is 5.01. The van der Waals surface area contributed by atoms with Crippen molar-refractivity contribution in [3.63, 3.8) is 0 Å². The van der Waals surface area contributed by atoms with Crippen LogP contribution in [0.25, 0.3) is 0 Å². The van der Waals surface area contributed by atoms with Gasteiger partial charge in [0.1, 0.15) is 6.26 Å². The molecule has 5 nitrogen and oxygen atoms in total. The third-order valence-corrected chi connectivity index (χ3v) is 5.91. The monoisotopic (exact) mass is 360 g/mol. The van der Waals surface area contributed by atoms with E-state index in [1.807, 2.05) is 4.90 Å². The first-order valence-corrected chi connectivity index (χ1v) is 10.3. The SMILES string of the molecule is CCCN(CC1CCCCC1)C(=O)C1CCN(C(=O)c2ccoc2)CC1.